The molecule has 0 saturated carbocycles. The summed E-state index contributed by atoms with van der Waals surface area (Å²) in [7, 11) is 2.50. The molecule has 2 aromatic carbocycles. The minimum absolute atomic E-state index is 0.0319. The first-order valence-electron chi connectivity index (χ1n) is 8.76. The zero-order chi connectivity index (χ0) is 20.8. The van der Waals surface area contributed by atoms with Gasteiger partial charge in [0.05, 0.1) is 26.4 Å². The molecule has 152 valence electrons. The van der Waals surface area contributed by atoms with Crippen LogP contribution in [0.2, 0.25) is 5.02 Å². The normalized spacial score (nSPS) is 13.8. The van der Waals surface area contributed by atoms with Gasteiger partial charge in [0, 0.05) is 10.7 Å². The Balaban J connectivity index is 1.79. The Kier molecular flexibility index (Phi) is 6.74. The molecule has 7 nitrogen and oxygen atoms in total. The lowest BCUT2D eigenvalue weighted by atomic mass is 10.1. The minimum Gasteiger partial charge on any atom is -0.489 e. The zero-order valence-electron chi connectivity index (χ0n) is 16.0. The summed E-state index contributed by atoms with van der Waals surface area (Å²) < 4.78 is 20.8. The summed E-state index contributed by atoms with van der Waals surface area (Å²) in [6.07, 6.45) is 0. The third kappa shape index (κ3) is 4.88. The van der Waals surface area contributed by atoms with E-state index in [1.54, 1.807) is 41.3 Å². The molecular formula is C21H20ClNO6. The van der Waals surface area contributed by atoms with Crippen molar-refractivity contribution in [1.82, 2.24) is 0 Å². The number of halogens is 1. The summed E-state index contributed by atoms with van der Waals surface area (Å²) in [5, 5.41) is 0.669. The molecule has 1 heterocycles. The predicted octanol–water partition coefficient (Wildman–Crippen LogP) is 3.31. The van der Waals surface area contributed by atoms with Gasteiger partial charge in [0.25, 0.3) is 0 Å². The van der Waals surface area contributed by atoms with Gasteiger partial charge in [-0.25, -0.2) is 9.59 Å². The standard InChI is InChI=1S/C21H20ClNO6/c1-26-20(24)18-12-28-13-23(19(18)21(25)27-2)16-7-9-17(10-8-16)29-11-14-3-5-15(22)6-4-14/h3-10H,11-13H2,1-2H3. The molecule has 0 amide bonds. The fraction of sp³-hybridized carbons (Fsp3) is 0.238. The molecule has 2 aromatic rings. The molecule has 1 aliphatic rings. The SMILES string of the molecule is COC(=O)C1=C(C(=O)OC)N(c2ccc(OCc3ccc(Cl)cc3)cc2)COC1. The first kappa shape index (κ1) is 20.7. The average Bonchev–Trinajstić information content (AvgIpc) is 2.77. The van der Waals surface area contributed by atoms with Crippen LogP contribution in [0.4, 0.5) is 5.69 Å². The van der Waals surface area contributed by atoms with Crippen LogP contribution in [-0.4, -0.2) is 39.5 Å². The lowest BCUT2D eigenvalue weighted by Gasteiger charge is -2.31. The zero-order valence-corrected chi connectivity index (χ0v) is 16.8. The van der Waals surface area contributed by atoms with Gasteiger partial charge >= 0.3 is 11.9 Å². The predicted molar refractivity (Wildman–Crippen MR) is 107 cm³/mol. The second-order valence-electron chi connectivity index (χ2n) is 6.12. The Morgan fingerprint density at radius 1 is 1.00 bits per heavy atom. The van der Waals surface area contributed by atoms with E-state index >= 15 is 0 Å². The van der Waals surface area contributed by atoms with Gasteiger partial charge in [-0.1, -0.05) is 23.7 Å². The molecule has 0 saturated heterocycles. The second kappa shape index (κ2) is 9.45. The Morgan fingerprint density at radius 3 is 2.28 bits per heavy atom. The summed E-state index contributed by atoms with van der Waals surface area (Å²) in [6.45, 7) is 0.453. The first-order valence-corrected chi connectivity index (χ1v) is 9.13. The van der Waals surface area contributed by atoms with Crippen LogP contribution in [0.1, 0.15) is 5.56 Å². The number of benzene rings is 2. The van der Waals surface area contributed by atoms with E-state index < -0.39 is 11.9 Å². The molecule has 0 spiro atoms. The molecule has 0 aliphatic carbocycles. The fourth-order valence-corrected chi connectivity index (χ4v) is 2.94. The van der Waals surface area contributed by atoms with Crippen molar-refractivity contribution < 1.29 is 28.5 Å². The van der Waals surface area contributed by atoms with Crippen molar-refractivity contribution in [2.24, 2.45) is 0 Å². The van der Waals surface area contributed by atoms with Crippen molar-refractivity contribution in [3.05, 3.63) is 70.4 Å². The molecule has 1 aliphatic heterocycles. The van der Waals surface area contributed by atoms with Gasteiger partial charge in [0.15, 0.2) is 0 Å². The van der Waals surface area contributed by atoms with Crippen molar-refractivity contribution in [2.45, 2.75) is 6.61 Å². The Bertz CT molecular complexity index is 908. The van der Waals surface area contributed by atoms with E-state index in [2.05, 4.69) is 0 Å². The van der Waals surface area contributed by atoms with E-state index in [-0.39, 0.29) is 24.6 Å². The van der Waals surface area contributed by atoms with Crippen molar-refractivity contribution in [1.29, 1.82) is 0 Å². The number of ether oxygens (including phenoxy) is 4. The molecular weight excluding hydrogens is 398 g/mol. The van der Waals surface area contributed by atoms with Gasteiger partial charge in [0.2, 0.25) is 0 Å². The second-order valence-corrected chi connectivity index (χ2v) is 6.56. The topological polar surface area (TPSA) is 74.3 Å². The van der Waals surface area contributed by atoms with Crippen LogP contribution in [0.15, 0.2) is 59.8 Å². The number of hydrogen-bond acceptors (Lipinski definition) is 7. The molecule has 29 heavy (non-hydrogen) atoms. The molecule has 0 unspecified atom stereocenters. The van der Waals surface area contributed by atoms with E-state index in [9.17, 15) is 9.59 Å². The van der Waals surface area contributed by atoms with Gasteiger partial charge in [0.1, 0.15) is 24.8 Å². The molecule has 3 rings (SSSR count). The lowest BCUT2D eigenvalue weighted by molar-refractivity contribution is -0.140. The minimum atomic E-state index is -0.642. The maximum Gasteiger partial charge on any atom is 0.355 e. The van der Waals surface area contributed by atoms with Crippen LogP contribution in [0, 0.1) is 0 Å². The average molecular weight is 418 g/mol. The largest absolute Gasteiger partial charge is 0.489 e. The van der Waals surface area contributed by atoms with E-state index in [1.807, 2.05) is 12.1 Å². The molecule has 0 bridgehead atoms. The Hall–Kier alpha value is -3.03. The van der Waals surface area contributed by atoms with E-state index in [4.69, 9.17) is 30.5 Å². The number of carbonyl (C=O) groups is 2. The van der Waals surface area contributed by atoms with Crippen LogP contribution in [-0.2, 0) is 30.4 Å². The van der Waals surface area contributed by atoms with E-state index in [0.29, 0.717) is 23.1 Å². The summed E-state index contributed by atoms with van der Waals surface area (Å²) in [5.41, 5.74) is 1.83. The van der Waals surface area contributed by atoms with E-state index in [1.165, 1.54) is 14.2 Å². The van der Waals surface area contributed by atoms with Gasteiger partial charge in [-0.05, 0) is 42.0 Å². The summed E-state index contributed by atoms with van der Waals surface area (Å²) >= 11 is 5.88. The molecule has 0 N–H and O–H groups in total. The number of rotatable bonds is 6. The molecule has 0 atom stereocenters. The monoisotopic (exact) mass is 417 g/mol. The van der Waals surface area contributed by atoms with Crippen molar-refractivity contribution in [3.8, 4) is 5.75 Å². The highest BCUT2D eigenvalue weighted by molar-refractivity contribution is 6.30. The van der Waals surface area contributed by atoms with Crippen LogP contribution in [0.3, 0.4) is 0 Å². The summed E-state index contributed by atoms with van der Waals surface area (Å²) in [5.74, 6) is -0.631. The van der Waals surface area contributed by atoms with Crippen LogP contribution >= 0.6 is 11.6 Å². The highest BCUT2D eigenvalue weighted by atomic mass is 35.5. The number of methoxy groups -OCH3 is 2. The number of carbonyl (C=O) groups excluding carboxylic acids is 2. The molecule has 0 radical (unpaired) electrons. The van der Waals surface area contributed by atoms with Gasteiger partial charge in [-0.2, -0.15) is 0 Å². The Labute approximate surface area is 173 Å². The highest BCUT2D eigenvalue weighted by Gasteiger charge is 2.32. The van der Waals surface area contributed by atoms with Crippen molar-refractivity contribution in [3.63, 3.8) is 0 Å². The van der Waals surface area contributed by atoms with Crippen molar-refractivity contribution >= 4 is 29.2 Å². The molecule has 0 fully saturated rings. The maximum atomic E-state index is 12.3. The van der Waals surface area contributed by atoms with Crippen LogP contribution < -0.4 is 9.64 Å². The third-order valence-corrected chi connectivity index (χ3v) is 4.55. The van der Waals surface area contributed by atoms with Crippen LogP contribution in [0.25, 0.3) is 0 Å². The van der Waals surface area contributed by atoms with Gasteiger partial charge < -0.3 is 23.8 Å². The number of anilines is 1. The first-order chi connectivity index (χ1) is 14.0. The number of hydrogen-bond donors (Lipinski definition) is 0. The van der Waals surface area contributed by atoms with Gasteiger partial charge in [-0.15, -0.1) is 0 Å². The molecule has 8 heteroatoms. The third-order valence-electron chi connectivity index (χ3n) is 4.30. The summed E-state index contributed by atoms with van der Waals surface area (Å²) in [6, 6.07) is 14.5. The number of esters is 2. The fourth-order valence-electron chi connectivity index (χ4n) is 2.82. The quantitative estimate of drug-likeness (QED) is 0.667. The lowest BCUT2D eigenvalue weighted by Crippen LogP contribution is -2.38. The summed E-state index contributed by atoms with van der Waals surface area (Å²) in [4.78, 5) is 25.9. The number of nitrogens with zero attached hydrogens (tertiary/aromatic N) is 1. The van der Waals surface area contributed by atoms with E-state index in [0.717, 1.165) is 5.56 Å². The van der Waals surface area contributed by atoms with Crippen LogP contribution in [0.5, 0.6) is 5.75 Å². The van der Waals surface area contributed by atoms with Gasteiger partial charge in [-0.3, -0.25) is 0 Å². The smallest absolute Gasteiger partial charge is 0.355 e. The van der Waals surface area contributed by atoms with Crippen molar-refractivity contribution in [2.75, 3.05) is 32.5 Å². The Morgan fingerprint density at radius 2 is 1.66 bits per heavy atom. The molecule has 0 aromatic heterocycles. The highest BCUT2D eigenvalue weighted by Crippen LogP contribution is 2.28. The maximum absolute atomic E-state index is 12.3.